The van der Waals surface area contributed by atoms with Crippen LogP contribution in [0.3, 0.4) is 0 Å². The average molecular weight is 245 g/mol. The predicted octanol–water partition coefficient (Wildman–Crippen LogP) is 2.83. The minimum Gasteiger partial charge on any atom is -0.506 e. The van der Waals surface area contributed by atoms with E-state index in [1.54, 1.807) is 26.4 Å². The van der Waals surface area contributed by atoms with Crippen LogP contribution in [-0.4, -0.2) is 25.6 Å². The molecule has 0 aliphatic carbocycles. The van der Waals surface area contributed by atoms with Gasteiger partial charge in [0.1, 0.15) is 12.0 Å². The maximum Gasteiger partial charge on any atom is 0.134 e. The monoisotopic (exact) mass is 244 g/mol. The number of rotatable bonds is 4. The summed E-state index contributed by atoms with van der Waals surface area (Å²) in [5.74, 6) is 0.0980. The number of benzene rings is 1. The highest BCUT2D eigenvalue weighted by molar-refractivity contribution is 6.32. The molecule has 1 N–H and O–H groups in total. The van der Waals surface area contributed by atoms with Gasteiger partial charge in [-0.2, -0.15) is 0 Å². The Bertz CT molecular complexity index is 313. The van der Waals surface area contributed by atoms with Gasteiger partial charge in [-0.25, -0.2) is 0 Å². The SMILES string of the molecule is COC.O=CCCCc1ccc(O)c(Cl)c1. The van der Waals surface area contributed by atoms with Gasteiger partial charge in [0.15, 0.2) is 0 Å². The molecule has 1 aromatic rings. The van der Waals surface area contributed by atoms with E-state index in [9.17, 15) is 4.79 Å². The molecule has 0 aliphatic heterocycles. The third-order valence-corrected chi connectivity index (χ3v) is 2.10. The molecule has 0 radical (unpaired) electrons. The van der Waals surface area contributed by atoms with Crippen LogP contribution < -0.4 is 0 Å². The van der Waals surface area contributed by atoms with E-state index in [1.807, 2.05) is 6.07 Å². The van der Waals surface area contributed by atoms with Crippen LogP contribution in [0.15, 0.2) is 18.2 Å². The summed E-state index contributed by atoms with van der Waals surface area (Å²) in [6, 6.07) is 5.10. The van der Waals surface area contributed by atoms with Gasteiger partial charge in [-0.05, 0) is 30.5 Å². The number of hydrogen-bond acceptors (Lipinski definition) is 3. The van der Waals surface area contributed by atoms with Crippen molar-refractivity contribution in [2.45, 2.75) is 19.3 Å². The molecule has 0 aromatic heterocycles. The van der Waals surface area contributed by atoms with Crippen molar-refractivity contribution in [2.24, 2.45) is 0 Å². The lowest BCUT2D eigenvalue weighted by Crippen LogP contribution is -1.86. The summed E-state index contributed by atoms with van der Waals surface area (Å²) in [6.45, 7) is 0. The largest absolute Gasteiger partial charge is 0.506 e. The van der Waals surface area contributed by atoms with Gasteiger partial charge in [0, 0.05) is 20.6 Å². The Morgan fingerprint density at radius 1 is 1.44 bits per heavy atom. The van der Waals surface area contributed by atoms with Gasteiger partial charge in [-0.3, -0.25) is 0 Å². The molecule has 0 atom stereocenters. The Kier molecular flexibility index (Phi) is 8.58. The summed E-state index contributed by atoms with van der Waals surface area (Å²) in [4.78, 5) is 10.1. The third-order valence-electron chi connectivity index (χ3n) is 1.80. The number of methoxy groups -OCH3 is 1. The van der Waals surface area contributed by atoms with Crippen molar-refractivity contribution in [3.05, 3.63) is 28.8 Å². The van der Waals surface area contributed by atoms with Crippen molar-refractivity contribution in [1.82, 2.24) is 0 Å². The molecule has 0 fully saturated rings. The lowest BCUT2D eigenvalue weighted by Gasteiger charge is -2.01. The molecular weight excluding hydrogens is 228 g/mol. The normalized spacial score (nSPS) is 9.19. The summed E-state index contributed by atoms with van der Waals surface area (Å²) in [6.07, 6.45) is 3.11. The van der Waals surface area contributed by atoms with E-state index in [0.29, 0.717) is 11.4 Å². The van der Waals surface area contributed by atoms with E-state index in [0.717, 1.165) is 24.7 Å². The molecule has 0 aliphatic rings. The van der Waals surface area contributed by atoms with E-state index in [1.165, 1.54) is 0 Å². The Morgan fingerprint density at radius 3 is 2.56 bits per heavy atom. The van der Waals surface area contributed by atoms with Crippen LogP contribution in [0.1, 0.15) is 18.4 Å². The fourth-order valence-corrected chi connectivity index (χ4v) is 1.30. The lowest BCUT2D eigenvalue weighted by molar-refractivity contribution is -0.107. The Labute approximate surface area is 101 Å². The number of phenolic OH excluding ortho intramolecular Hbond substituents is 1. The minimum atomic E-state index is 0.0980. The topological polar surface area (TPSA) is 46.5 Å². The summed E-state index contributed by atoms with van der Waals surface area (Å²) in [7, 11) is 3.25. The van der Waals surface area contributed by atoms with Gasteiger partial charge in [-0.1, -0.05) is 17.7 Å². The summed E-state index contributed by atoms with van der Waals surface area (Å²) in [5.41, 5.74) is 1.05. The fraction of sp³-hybridized carbons (Fsp3) is 0.417. The molecule has 0 spiro atoms. The van der Waals surface area contributed by atoms with Crippen molar-refractivity contribution in [3.63, 3.8) is 0 Å². The molecule has 0 amide bonds. The first-order chi connectivity index (χ1) is 7.65. The number of phenols is 1. The van der Waals surface area contributed by atoms with E-state index in [4.69, 9.17) is 16.7 Å². The highest BCUT2D eigenvalue weighted by Gasteiger charge is 1.99. The van der Waals surface area contributed by atoms with Gasteiger partial charge < -0.3 is 14.6 Å². The second-order valence-corrected chi connectivity index (χ2v) is 3.66. The lowest BCUT2D eigenvalue weighted by atomic mass is 10.1. The number of halogens is 1. The van der Waals surface area contributed by atoms with E-state index in [2.05, 4.69) is 4.74 Å². The zero-order chi connectivity index (χ0) is 12.4. The number of carbonyl (C=O) groups is 1. The van der Waals surface area contributed by atoms with Gasteiger partial charge >= 0.3 is 0 Å². The van der Waals surface area contributed by atoms with Crippen LogP contribution in [0.2, 0.25) is 5.02 Å². The highest BCUT2D eigenvalue weighted by Crippen LogP contribution is 2.24. The average Bonchev–Trinajstić information content (AvgIpc) is 2.25. The highest BCUT2D eigenvalue weighted by atomic mass is 35.5. The molecule has 0 heterocycles. The second kappa shape index (κ2) is 9.19. The standard InChI is InChI=1S/C10H11ClO2.C2H6O/c11-9-7-8(3-1-2-6-12)4-5-10(9)13;1-3-2/h4-7,13H,1-3H2;1-2H3. The maximum atomic E-state index is 10.1. The van der Waals surface area contributed by atoms with Crippen LogP contribution in [0.5, 0.6) is 5.75 Å². The first-order valence-electron chi connectivity index (χ1n) is 4.96. The number of aldehydes is 1. The number of aryl methyl sites for hydroxylation is 1. The van der Waals surface area contributed by atoms with Crippen molar-refractivity contribution in [1.29, 1.82) is 0 Å². The fourth-order valence-electron chi connectivity index (χ4n) is 1.10. The molecule has 0 unspecified atom stereocenters. The van der Waals surface area contributed by atoms with Crippen LogP contribution in [0.4, 0.5) is 0 Å². The maximum absolute atomic E-state index is 10.1. The van der Waals surface area contributed by atoms with Crippen LogP contribution in [0, 0.1) is 0 Å². The Balaban J connectivity index is 0.000000673. The summed E-state index contributed by atoms with van der Waals surface area (Å²) >= 11 is 5.71. The molecule has 90 valence electrons. The molecule has 1 aromatic carbocycles. The van der Waals surface area contributed by atoms with Crippen LogP contribution in [-0.2, 0) is 16.0 Å². The van der Waals surface area contributed by atoms with E-state index in [-0.39, 0.29) is 5.75 Å². The van der Waals surface area contributed by atoms with Crippen LogP contribution in [0.25, 0.3) is 0 Å². The first-order valence-corrected chi connectivity index (χ1v) is 5.34. The molecule has 0 saturated carbocycles. The summed E-state index contributed by atoms with van der Waals surface area (Å²) in [5, 5.41) is 9.49. The Morgan fingerprint density at radius 2 is 2.06 bits per heavy atom. The van der Waals surface area contributed by atoms with E-state index < -0.39 is 0 Å². The molecule has 16 heavy (non-hydrogen) atoms. The molecule has 1 rings (SSSR count). The molecule has 4 heteroatoms. The van der Waals surface area contributed by atoms with Crippen molar-refractivity contribution < 1.29 is 14.6 Å². The zero-order valence-electron chi connectivity index (χ0n) is 9.57. The smallest absolute Gasteiger partial charge is 0.134 e. The number of carbonyl (C=O) groups excluding carboxylic acids is 1. The quantitative estimate of drug-likeness (QED) is 0.654. The Hall–Kier alpha value is -1.06. The second-order valence-electron chi connectivity index (χ2n) is 3.25. The van der Waals surface area contributed by atoms with Crippen LogP contribution >= 0.6 is 11.6 Å². The minimum absolute atomic E-state index is 0.0980. The predicted molar refractivity (Wildman–Crippen MR) is 65.1 cm³/mol. The van der Waals surface area contributed by atoms with Crippen molar-refractivity contribution >= 4 is 17.9 Å². The summed E-state index contributed by atoms with van der Waals surface area (Å²) < 4.78 is 4.25. The van der Waals surface area contributed by atoms with E-state index >= 15 is 0 Å². The molecule has 0 saturated heterocycles. The van der Waals surface area contributed by atoms with Gasteiger partial charge in [0.05, 0.1) is 5.02 Å². The zero-order valence-corrected chi connectivity index (χ0v) is 10.3. The number of aromatic hydroxyl groups is 1. The third kappa shape index (κ3) is 6.43. The number of hydrogen-bond donors (Lipinski definition) is 1. The first kappa shape index (κ1) is 14.9. The molecule has 3 nitrogen and oxygen atoms in total. The van der Waals surface area contributed by atoms with Crippen molar-refractivity contribution in [3.8, 4) is 5.75 Å². The van der Waals surface area contributed by atoms with Gasteiger partial charge in [-0.15, -0.1) is 0 Å². The van der Waals surface area contributed by atoms with Gasteiger partial charge in [0.25, 0.3) is 0 Å². The molecule has 0 bridgehead atoms. The van der Waals surface area contributed by atoms with Gasteiger partial charge in [0.2, 0.25) is 0 Å². The number of ether oxygens (including phenoxy) is 1. The molecular formula is C12H17ClO3. The van der Waals surface area contributed by atoms with Crippen molar-refractivity contribution in [2.75, 3.05) is 14.2 Å². The number of unbranched alkanes of at least 4 members (excludes halogenated alkanes) is 1.